The zero-order valence-electron chi connectivity index (χ0n) is 10.0. The van der Waals surface area contributed by atoms with Crippen molar-refractivity contribution < 1.29 is 0 Å². The summed E-state index contributed by atoms with van der Waals surface area (Å²) in [6.45, 7) is 4.59. The first-order valence-corrected chi connectivity index (χ1v) is 6.90. The van der Waals surface area contributed by atoms with Crippen LogP contribution in [-0.4, -0.2) is 30.6 Å². The minimum atomic E-state index is 0.714. The highest BCUT2D eigenvalue weighted by Gasteiger charge is 2.33. The highest BCUT2D eigenvalue weighted by atomic mass is 35.5. The molecule has 2 aliphatic heterocycles. The van der Waals surface area contributed by atoms with Gasteiger partial charge >= 0.3 is 0 Å². The quantitative estimate of drug-likeness (QED) is 0.868. The molecule has 3 rings (SSSR count). The summed E-state index contributed by atoms with van der Waals surface area (Å²) in [4.78, 5) is 2.54. The summed E-state index contributed by atoms with van der Waals surface area (Å²) in [6.07, 6.45) is 2.72. The number of piperidine rings is 1. The second kappa shape index (κ2) is 4.97. The molecule has 2 atom stereocenters. The van der Waals surface area contributed by atoms with E-state index in [-0.39, 0.29) is 0 Å². The van der Waals surface area contributed by atoms with Crippen molar-refractivity contribution in [3.63, 3.8) is 0 Å². The smallest absolute Gasteiger partial charge is 0.0451 e. The molecule has 0 aliphatic carbocycles. The van der Waals surface area contributed by atoms with Crippen LogP contribution in [0.2, 0.25) is 5.02 Å². The van der Waals surface area contributed by atoms with Gasteiger partial charge in [0.1, 0.15) is 0 Å². The van der Waals surface area contributed by atoms with E-state index in [0.717, 1.165) is 17.5 Å². The molecule has 1 aromatic carbocycles. The second-order valence-electron chi connectivity index (χ2n) is 5.25. The average Bonchev–Trinajstić information content (AvgIpc) is 2.74. The van der Waals surface area contributed by atoms with E-state index >= 15 is 0 Å². The summed E-state index contributed by atoms with van der Waals surface area (Å²) in [5.41, 5.74) is 1.26. The maximum atomic E-state index is 6.21. The molecule has 17 heavy (non-hydrogen) atoms. The Kier molecular flexibility index (Phi) is 3.37. The molecule has 1 N–H and O–H groups in total. The van der Waals surface area contributed by atoms with Crippen LogP contribution in [0.5, 0.6) is 0 Å². The Morgan fingerprint density at radius 3 is 3.00 bits per heavy atom. The van der Waals surface area contributed by atoms with Crippen molar-refractivity contribution in [2.45, 2.75) is 25.4 Å². The fourth-order valence-corrected chi connectivity index (χ4v) is 3.33. The summed E-state index contributed by atoms with van der Waals surface area (Å²) in [7, 11) is 0. The number of rotatable bonds is 2. The molecule has 0 bridgehead atoms. The van der Waals surface area contributed by atoms with Crippen LogP contribution in [0.4, 0.5) is 0 Å². The van der Waals surface area contributed by atoms with Gasteiger partial charge in [0.25, 0.3) is 0 Å². The molecule has 2 fully saturated rings. The minimum absolute atomic E-state index is 0.714. The molecule has 3 heteroatoms. The lowest BCUT2D eigenvalue weighted by atomic mass is 9.94. The largest absolute Gasteiger partial charge is 0.312 e. The Morgan fingerprint density at radius 2 is 2.18 bits per heavy atom. The molecule has 0 spiro atoms. The molecule has 1 aromatic rings. The van der Waals surface area contributed by atoms with Gasteiger partial charge in [0, 0.05) is 30.7 Å². The summed E-state index contributed by atoms with van der Waals surface area (Å²) in [5, 5.41) is 4.54. The van der Waals surface area contributed by atoms with Crippen LogP contribution in [0.15, 0.2) is 24.3 Å². The van der Waals surface area contributed by atoms with Gasteiger partial charge in [-0.3, -0.25) is 4.90 Å². The predicted molar refractivity (Wildman–Crippen MR) is 71.2 cm³/mol. The number of hydrogen-bond acceptors (Lipinski definition) is 2. The van der Waals surface area contributed by atoms with Gasteiger partial charge in [-0.25, -0.2) is 0 Å². The topological polar surface area (TPSA) is 15.3 Å². The van der Waals surface area contributed by atoms with Crippen molar-refractivity contribution in [1.29, 1.82) is 0 Å². The van der Waals surface area contributed by atoms with E-state index in [1.54, 1.807) is 0 Å². The number of nitrogens with one attached hydrogen (secondary N) is 1. The number of nitrogens with zero attached hydrogens (tertiary/aromatic N) is 1. The van der Waals surface area contributed by atoms with Gasteiger partial charge in [0.05, 0.1) is 0 Å². The number of fused-ring (bicyclic) bond motifs is 1. The van der Waals surface area contributed by atoms with Gasteiger partial charge in [-0.05, 0) is 36.9 Å². The van der Waals surface area contributed by atoms with Crippen LogP contribution in [0, 0.1) is 5.92 Å². The molecular formula is C14H19ClN2. The number of hydrogen-bond donors (Lipinski definition) is 1. The van der Waals surface area contributed by atoms with Crippen molar-refractivity contribution in [3.8, 4) is 0 Å². The maximum absolute atomic E-state index is 6.21. The number of likely N-dealkylation sites (tertiary alicyclic amines) is 1. The normalized spacial score (nSPS) is 29.2. The Morgan fingerprint density at radius 1 is 1.29 bits per heavy atom. The first-order valence-electron chi connectivity index (χ1n) is 6.52. The molecule has 2 nitrogen and oxygen atoms in total. The Labute approximate surface area is 108 Å². The third kappa shape index (κ3) is 2.49. The van der Waals surface area contributed by atoms with Crippen molar-refractivity contribution in [2.24, 2.45) is 5.92 Å². The molecule has 0 saturated carbocycles. The molecular weight excluding hydrogens is 232 g/mol. The van der Waals surface area contributed by atoms with Crippen LogP contribution in [0.3, 0.4) is 0 Å². The molecule has 2 aliphatic rings. The number of benzene rings is 1. The van der Waals surface area contributed by atoms with Crippen molar-refractivity contribution in [1.82, 2.24) is 10.2 Å². The van der Waals surface area contributed by atoms with E-state index in [9.17, 15) is 0 Å². The van der Waals surface area contributed by atoms with Crippen LogP contribution in [0.25, 0.3) is 0 Å². The maximum Gasteiger partial charge on any atom is 0.0451 e. The third-order valence-electron chi connectivity index (χ3n) is 4.03. The number of halogens is 1. The van der Waals surface area contributed by atoms with Crippen molar-refractivity contribution >= 4 is 11.6 Å². The lowest BCUT2D eigenvalue weighted by Crippen LogP contribution is -2.40. The van der Waals surface area contributed by atoms with E-state index in [0.29, 0.717) is 6.04 Å². The van der Waals surface area contributed by atoms with E-state index in [1.165, 1.54) is 38.0 Å². The predicted octanol–water partition coefficient (Wildman–Crippen LogP) is 2.52. The third-order valence-corrected chi connectivity index (χ3v) is 4.40. The fraction of sp³-hybridized carbons (Fsp3) is 0.571. The molecule has 0 radical (unpaired) electrons. The van der Waals surface area contributed by atoms with E-state index < -0.39 is 0 Å². The lowest BCUT2D eigenvalue weighted by Gasteiger charge is -2.24. The molecule has 2 heterocycles. The van der Waals surface area contributed by atoms with Crippen LogP contribution in [0.1, 0.15) is 18.4 Å². The van der Waals surface area contributed by atoms with Crippen molar-refractivity contribution in [3.05, 3.63) is 34.9 Å². The standard InChI is InChI=1S/C14H19ClN2/c15-13-6-2-1-4-11(13)8-17-9-12-5-3-7-16-14(12)10-17/h1-2,4,6,12,14,16H,3,5,7-10H2/t12-,14+/m0/s1. The van der Waals surface area contributed by atoms with E-state index in [1.807, 2.05) is 12.1 Å². The summed E-state index contributed by atoms with van der Waals surface area (Å²) < 4.78 is 0. The summed E-state index contributed by atoms with van der Waals surface area (Å²) in [5.74, 6) is 0.853. The van der Waals surface area contributed by atoms with Crippen LogP contribution >= 0.6 is 11.6 Å². The van der Waals surface area contributed by atoms with Gasteiger partial charge in [-0.2, -0.15) is 0 Å². The van der Waals surface area contributed by atoms with Crippen molar-refractivity contribution in [2.75, 3.05) is 19.6 Å². The zero-order valence-corrected chi connectivity index (χ0v) is 10.8. The molecule has 2 saturated heterocycles. The highest BCUT2D eigenvalue weighted by molar-refractivity contribution is 6.31. The molecule has 0 aromatic heterocycles. The fourth-order valence-electron chi connectivity index (χ4n) is 3.13. The molecule has 0 amide bonds. The van der Waals surface area contributed by atoms with Gasteiger partial charge < -0.3 is 5.32 Å². The van der Waals surface area contributed by atoms with Gasteiger partial charge in [-0.1, -0.05) is 29.8 Å². The zero-order chi connectivity index (χ0) is 11.7. The van der Waals surface area contributed by atoms with E-state index in [2.05, 4.69) is 22.3 Å². The Hall–Kier alpha value is -0.570. The highest BCUT2D eigenvalue weighted by Crippen LogP contribution is 2.27. The Balaban J connectivity index is 1.65. The first-order chi connectivity index (χ1) is 8.33. The van der Waals surface area contributed by atoms with Gasteiger partial charge in [-0.15, -0.1) is 0 Å². The lowest BCUT2D eigenvalue weighted by molar-refractivity contribution is 0.313. The van der Waals surface area contributed by atoms with Gasteiger partial charge in [0.2, 0.25) is 0 Å². The SMILES string of the molecule is Clc1ccccc1CN1C[C@@H]2CCCN[C@@H]2C1. The second-order valence-corrected chi connectivity index (χ2v) is 5.66. The average molecular weight is 251 g/mol. The van der Waals surface area contributed by atoms with Crippen LogP contribution in [-0.2, 0) is 6.54 Å². The monoisotopic (exact) mass is 250 g/mol. The minimum Gasteiger partial charge on any atom is -0.312 e. The first kappa shape index (κ1) is 11.5. The van der Waals surface area contributed by atoms with Crippen LogP contribution < -0.4 is 5.32 Å². The van der Waals surface area contributed by atoms with E-state index in [4.69, 9.17) is 11.6 Å². The summed E-state index contributed by atoms with van der Waals surface area (Å²) in [6, 6.07) is 8.90. The Bertz CT molecular complexity index is 380. The summed E-state index contributed by atoms with van der Waals surface area (Å²) >= 11 is 6.21. The molecule has 92 valence electrons. The van der Waals surface area contributed by atoms with Gasteiger partial charge in [0.15, 0.2) is 0 Å². The molecule has 0 unspecified atom stereocenters.